The fourth-order valence-electron chi connectivity index (χ4n) is 1.72. The average Bonchev–Trinajstić information content (AvgIpc) is 2.36. The molecule has 0 unspecified atom stereocenters. The van der Waals surface area contributed by atoms with Gasteiger partial charge in [0, 0.05) is 4.47 Å². The van der Waals surface area contributed by atoms with Crippen molar-refractivity contribution in [3.05, 3.63) is 57.3 Å². The van der Waals surface area contributed by atoms with Crippen LogP contribution in [0.5, 0.6) is 0 Å². The second kappa shape index (κ2) is 6.23. The molecule has 2 N–H and O–H groups in total. The van der Waals surface area contributed by atoms with Gasteiger partial charge >= 0.3 is 5.97 Å². The molecule has 0 heterocycles. The summed E-state index contributed by atoms with van der Waals surface area (Å²) in [5.41, 5.74) is -1.15. The minimum atomic E-state index is -4.17. The van der Waals surface area contributed by atoms with Crippen LogP contribution in [0.25, 0.3) is 0 Å². The molecule has 5 nitrogen and oxygen atoms in total. The number of carboxylic acids is 1. The zero-order valence-corrected chi connectivity index (χ0v) is 13.8. The van der Waals surface area contributed by atoms with E-state index < -0.39 is 27.4 Å². The summed E-state index contributed by atoms with van der Waals surface area (Å²) < 4.78 is 40.8. The number of benzene rings is 2. The molecule has 0 aliphatic carbocycles. The number of carboxylic acid groups (broad SMARTS) is 1. The molecule has 9 heteroatoms. The zero-order valence-electron chi connectivity index (χ0n) is 10.7. The minimum absolute atomic E-state index is 0.0600. The van der Waals surface area contributed by atoms with Crippen LogP contribution in [0.2, 0.25) is 5.02 Å². The van der Waals surface area contributed by atoms with E-state index in [0.29, 0.717) is 4.47 Å². The van der Waals surface area contributed by atoms with E-state index in [0.717, 1.165) is 12.1 Å². The van der Waals surface area contributed by atoms with Crippen LogP contribution < -0.4 is 4.72 Å². The highest BCUT2D eigenvalue weighted by atomic mass is 79.9. The largest absolute Gasteiger partial charge is 0.478 e. The Balaban J connectivity index is 2.50. The summed E-state index contributed by atoms with van der Waals surface area (Å²) in [6.45, 7) is 0. The van der Waals surface area contributed by atoms with Crippen LogP contribution >= 0.6 is 27.5 Å². The predicted octanol–water partition coefficient (Wildman–Crippen LogP) is 3.74. The molecule has 0 fully saturated rings. The standard InChI is InChI=1S/C13H8BrClFNO4S/c14-7-4-5-11(8(15)6-7)22(20,21)17-10-3-1-2-9(16)12(10)13(18)19/h1-6,17H,(H,18,19). The quantitative estimate of drug-likeness (QED) is 0.807. The Morgan fingerprint density at radius 2 is 1.95 bits per heavy atom. The van der Waals surface area contributed by atoms with Gasteiger partial charge in [-0.15, -0.1) is 0 Å². The van der Waals surface area contributed by atoms with Crippen LogP contribution in [0.15, 0.2) is 45.8 Å². The van der Waals surface area contributed by atoms with Crippen LogP contribution in [-0.2, 0) is 10.0 Å². The minimum Gasteiger partial charge on any atom is -0.478 e. The fraction of sp³-hybridized carbons (Fsp3) is 0. The smallest absolute Gasteiger partial charge is 0.340 e. The molecular formula is C13H8BrClFNO4S. The third-order valence-electron chi connectivity index (χ3n) is 2.66. The van der Waals surface area contributed by atoms with E-state index in [1.807, 2.05) is 4.72 Å². The number of halogens is 3. The van der Waals surface area contributed by atoms with E-state index in [-0.39, 0.29) is 15.6 Å². The summed E-state index contributed by atoms with van der Waals surface area (Å²) in [7, 11) is -4.17. The van der Waals surface area contributed by atoms with Gasteiger partial charge < -0.3 is 5.11 Å². The molecule has 0 spiro atoms. The second-order valence-corrected chi connectivity index (χ2v) is 7.12. The molecule has 0 aliphatic rings. The molecule has 0 atom stereocenters. The Kier molecular flexibility index (Phi) is 4.74. The molecule has 0 aliphatic heterocycles. The van der Waals surface area contributed by atoms with Gasteiger partial charge in [-0.1, -0.05) is 33.6 Å². The lowest BCUT2D eigenvalue weighted by molar-refractivity contribution is 0.0693. The van der Waals surface area contributed by atoms with Crippen LogP contribution in [0, 0.1) is 5.82 Å². The predicted molar refractivity (Wildman–Crippen MR) is 83.3 cm³/mol. The highest BCUT2D eigenvalue weighted by Gasteiger charge is 2.23. The number of hydrogen-bond acceptors (Lipinski definition) is 3. The van der Waals surface area contributed by atoms with Crippen LogP contribution in [0.4, 0.5) is 10.1 Å². The number of sulfonamides is 1. The number of nitrogens with one attached hydrogen (secondary N) is 1. The van der Waals surface area contributed by atoms with E-state index >= 15 is 0 Å². The molecular weight excluding hydrogens is 401 g/mol. The van der Waals surface area contributed by atoms with Crippen molar-refractivity contribution in [2.24, 2.45) is 0 Å². The molecule has 22 heavy (non-hydrogen) atoms. The highest BCUT2D eigenvalue weighted by molar-refractivity contribution is 9.10. The summed E-state index contributed by atoms with van der Waals surface area (Å²) in [5.74, 6) is -2.63. The summed E-state index contributed by atoms with van der Waals surface area (Å²) in [5, 5.41) is 8.94. The first-order chi connectivity index (χ1) is 10.2. The van der Waals surface area contributed by atoms with Crippen LogP contribution in [0.1, 0.15) is 10.4 Å². The Hall–Kier alpha value is -1.64. The molecule has 0 aromatic heterocycles. The number of aromatic carboxylic acids is 1. The van der Waals surface area contributed by atoms with E-state index in [1.54, 1.807) is 0 Å². The molecule has 0 amide bonds. The van der Waals surface area contributed by atoms with Crippen molar-refractivity contribution in [3.63, 3.8) is 0 Å². The highest BCUT2D eigenvalue weighted by Crippen LogP contribution is 2.28. The number of anilines is 1. The van der Waals surface area contributed by atoms with Crippen molar-refractivity contribution in [1.29, 1.82) is 0 Å². The molecule has 0 radical (unpaired) electrons. The summed E-state index contributed by atoms with van der Waals surface area (Å²) in [6, 6.07) is 7.35. The maximum atomic E-state index is 13.6. The maximum Gasteiger partial charge on any atom is 0.340 e. The summed E-state index contributed by atoms with van der Waals surface area (Å²) >= 11 is 9.02. The van der Waals surface area contributed by atoms with Crippen molar-refractivity contribution < 1.29 is 22.7 Å². The lowest BCUT2D eigenvalue weighted by Crippen LogP contribution is -2.16. The third kappa shape index (κ3) is 3.40. The lowest BCUT2D eigenvalue weighted by Gasteiger charge is -2.12. The summed E-state index contributed by atoms with van der Waals surface area (Å²) in [6.07, 6.45) is 0. The molecule has 2 aromatic rings. The zero-order chi connectivity index (χ0) is 16.5. The molecule has 116 valence electrons. The fourth-order valence-corrected chi connectivity index (χ4v) is 3.83. The van der Waals surface area contributed by atoms with Gasteiger partial charge in [0.05, 0.1) is 10.7 Å². The molecule has 2 rings (SSSR count). The Labute approximate surface area is 138 Å². The van der Waals surface area contributed by atoms with Gasteiger partial charge in [-0.25, -0.2) is 17.6 Å². The van der Waals surface area contributed by atoms with E-state index in [1.165, 1.54) is 24.3 Å². The SMILES string of the molecule is O=C(O)c1c(F)cccc1NS(=O)(=O)c1ccc(Br)cc1Cl. The van der Waals surface area contributed by atoms with Crippen molar-refractivity contribution >= 4 is 49.2 Å². The van der Waals surface area contributed by atoms with E-state index in [9.17, 15) is 17.6 Å². The van der Waals surface area contributed by atoms with Crippen LogP contribution in [-0.4, -0.2) is 19.5 Å². The molecule has 2 aromatic carbocycles. The Bertz CT molecular complexity index is 857. The number of hydrogen-bond donors (Lipinski definition) is 2. The molecule has 0 bridgehead atoms. The van der Waals surface area contributed by atoms with Crippen molar-refractivity contribution in [2.75, 3.05) is 4.72 Å². The van der Waals surface area contributed by atoms with Crippen molar-refractivity contribution in [3.8, 4) is 0 Å². The van der Waals surface area contributed by atoms with Gasteiger partial charge in [0.2, 0.25) is 0 Å². The molecule has 0 saturated carbocycles. The first-order valence-electron chi connectivity index (χ1n) is 5.72. The first kappa shape index (κ1) is 16.7. The second-order valence-electron chi connectivity index (χ2n) is 4.15. The van der Waals surface area contributed by atoms with Gasteiger partial charge in [0.15, 0.2) is 0 Å². The van der Waals surface area contributed by atoms with E-state index in [4.69, 9.17) is 16.7 Å². The maximum absolute atomic E-state index is 13.6. The van der Waals surface area contributed by atoms with Crippen LogP contribution in [0.3, 0.4) is 0 Å². The normalized spacial score (nSPS) is 11.2. The van der Waals surface area contributed by atoms with Gasteiger partial charge in [-0.3, -0.25) is 4.72 Å². The van der Waals surface area contributed by atoms with Crippen molar-refractivity contribution in [2.45, 2.75) is 4.90 Å². The molecule has 0 saturated heterocycles. The van der Waals surface area contributed by atoms with E-state index in [2.05, 4.69) is 15.9 Å². The van der Waals surface area contributed by atoms with Gasteiger partial charge in [0.25, 0.3) is 10.0 Å². The van der Waals surface area contributed by atoms with Gasteiger partial charge in [-0.2, -0.15) is 0 Å². The average molecular weight is 409 g/mol. The Morgan fingerprint density at radius 3 is 2.55 bits per heavy atom. The monoisotopic (exact) mass is 407 g/mol. The van der Waals surface area contributed by atoms with Crippen molar-refractivity contribution in [1.82, 2.24) is 0 Å². The Morgan fingerprint density at radius 1 is 1.27 bits per heavy atom. The van der Waals surface area contributed by atoms with Gasteiger partial charge in [-0.05, 0) is 30.3 Å². The summed E-state index contributed by atoms with van der Waals surface area (Å²) in [4.78, 5) is 10.8. The lowest BCUT2D eigenvalue weighted by atomic mass is 10.2. The third-order valence-corrected chi connectivity index (χ3v) is 5.00. The topological polar surface area (TPSA) is 83.5 Å². The first-order valence-corrected chi connectivity index (χ1v) is 8.37. The number of rotatable bonds is 4. The number of carbonyl (C=O) groups is 1. The van der Waals surface area contributed by atoms with Gasteiger partial charge in [0.1, 0.15) is 16.3 Å².